The predicted octanol–water partition coefficient (Wildman–Crippen LogP) is 6.75. The molecule has 3 heteroatoms. The van der Waals surface area contributed by atoms with Gasteiger partial charge in [0.25, 0.3) is 0 Å². The Bertz CT molecular complexity index is 801. The molecule has 0 bridgehead atoms. The number of allylic oxidation sites excluding steroid dienone is 1. The average molecular weight is 411 g/mol. The van der Waals surface area contributed by atoms with Gasteiger partial charge in [0.2, 0.25) is 0 Å². The van der Waals surface area contributed by atoms with Crippen LogP contribution in [0.25, 0.3) is 5.57 Å². The molecule has 0 aromatic heterocycles. The zero-order valence-electron chi connectivity index (χ0n) is 19.3. The number of ether oxygens (including phenoxy) is 1. The van der Waals surface area contributed by atoms with E-state index in [0.29, 0.717) is 24.7 Å². The molecule has 2 unspecified atom stereocenters. The van der Waals surface area contributed by atoms with E-state index < -0.39 is 17.0 Å². The lowest BCUT2D eigenvalue weighted by Crippen LogP contribution is -2.43. The molecule has 0 radical (unpaired) electrons. The molecule has 2 aliphatic rings. The Balaban J connectivity index is 2.11. The van der Waals surface area contributed by atoms with Crippen LogP contribution in [0.4, 0.5) is 0 Å². The van der Waals surface area contributed by atoms with Crippen molar-refractivity contribution in [3.05, 3.63) is 53.6 Å². The van der Waals surface area contributed by atoms with Gasteiger partial charge in [-0.1, -0.05) is 77.1 Å². The maximum Gasteiger partial charge on any atom is 0.314 e. The van der Waals surface area contributed by atoms with Crippen LogP contribution in [0.15, 0.2) is 48.1 Å². The number of carboxylic acid groups (broad SMARTS) is 1. The highest BCUT2D eigenvalue weighted by molar-refractivity contribution is 5.84. The number of aliphatic carboxylic acids is 1. The molecule has 2 atom stereocenters. The van der Waals surface area contributed by atoms with Gasteiger partial charge in [-0.25, -0.2) is 0 Å². The molecular formula is C27H38O3. The van der Waals surface area contributed by atoms with Gasteiger partial charge >= 0.3 is 5.97 Å². The number of hydrogen-bond acceptors (Lipinski definition) is 2. The molecule has 1 aromatic rings. The minimum atomic E-state index is -0.853. The summed E-state index contributed by atoms with van der Waals surface area (Å²) in [6.45, 7) is 11.4. The number of rotatable bonds is 10. The van der Waals surface area contributed by atoms with Crippen LogP contribution in [0.5, 0.6) is 0 Å². The first-order valence-electron chi connectivity index (χ1n) is 11.6. The number of carboxylic acids is 1. The molecule has 0 heterocycles. The molecule has 0 aliphatic heterocycles. The normalized spacial score (nSPS) is 23.8. The van der Waals surface area contributed by atoms with Gasteiger partial charge in [-0.15, -0.1) is 0 Å². The maximum atomic E-state index is 12.5. The summed E-state index contributed by atoms with van der Waals surface area (Å²) in [5, 5.41) is 10.3. The van der Waals surface area contributed by atoms with Crippen molar-refractivity contribution in [2.75, 3.05) is 6.61 Å². The summed E-state index contributed by atoms with van der Waals surface area (Å²) >= 11 is 0. The average Bonchev–Trinajstić information content (AvgIpc) is 3.55. The zero-order chi connectivity index (χ0) is 21.9. The third kappa shape index (κ3) is 4.42. The third-order valence-electron chi connectivity index (χ3n) is 6.99. The van der Waals surface area contributed by atoms with Crippen molar-refractivity contribution in [2.45, 2.75) is 72.3 Å². The molecule has 164 valence electrons. The lowest BCUT2D eigenvalue weighted by atomic mass is 9.65. The molecule has 1 saturated carbocycles. The molecule has 30 heavy (non-hydrogen) atoms. The predicted molar refractivity (Wildman–Crippen MR) is 123 cm³/mol. The van der Waals surface area contributed by atoms with E-state index in [1.165, 1.54) is 12.8 Å². The summed E-state index contributed by atoms with van der Waals surface area (Å²) in [6, 6.07) is 10.4. The van der Waals surface area contributed by atoms with Crippen molar-refractivity contribution >= 4 is 11.5 Å². The van der Waals surface area contributed by atoms with Gasteiger partial charge in [-0.2, -0.15) is 0 Å². The lowest BCUT2D eigenvalue weighted by molar-refractivity contribution is -0.147. The van der Waals surface area contributed by atoms with Crippen LogP contribution in [0, 0.1) is 23.2 Å². The summed E-state index contributed by atoms with van der Waals surface area (Å²) in [5.74, 6) is 0.548. The summed E-state index contributed by atoms with van der Waals surface area (Å²) in [5.41, 5.74) is 1.94. The quantitative estimate of drug-likeness (QED) is 0.464. The summed E-state index contributed by atoms with van der Waals surface area (Å²) in [7, 11) is 0. The first kappa shape index (κ1) is 22.8. The highest BCUT2D eigenvalue weighted by Crippen LogP contribution is 2.49. The highest BCUT2D eigenvalue weighted by Gasteiger charge is 2.47. The van der Waals surface area contributed by atoms with E-state index in [2.05, 4.69) is 64.1 Å². The lowest BCUT2D eigenvalue weighted by Gasteiger charge is -2.44. The smallest absolute Gasteiger partial charge is 0.314 e. The van der Waals surface area contributed by atoms with Gasteiger partial charge in [-0.05, 0) is 66.6 Å². The Morgan fingerprint density at radius 2 is 1.87 bits per heavy atom. The fourth-order valence-electron chi connectivity index (χ4n) is 4.91. The van der Waals surface area contributed by atoms with Gasteiger partial charge < -0.3 is 9.84 Å². The van der Waals surface area contributed by atoms with Crippen molar-refractivity contribution in [3.63, 3.8) is 0 Å². The van der Waals surface area contributed by atoms with Crippen molar-refractivity contribution in [3.8, 4) is 0 Å². The SMILES string of the molecule is CCC(CC(C)C)(C(=O)O)C1=CCC(OCC2CC2)(C(C)C)C(c2ccccc2)=C1. The second kappa shape index (κ2) is 9.09. The van der Waals surface area contributed by atoms with Gasteiger partial charge in [0, 0.05) is 0 Å². The van der Waals surface area contributed by atoms with Crippen LogP contribution in [0.1, 0.15) is 72.3 Å². The molecule has 0 spiro atoms. The molecule has 1 fully saturated rings. The number of hydrogen-bond donors (Lipinski definition) is 1. The fraction of sp³-hybridized carbons (Fsp3) is 0.593. The zero-order valence-corrected chi connectivity index (χ0v) is 19.3. The number of benzene rings is 1. The maximum absolute atomic E-state index is 12.5. The standard InChI is InChI=1S/C27H38O3/c1-6-26(25(28)29,17-19(2)3)23-14-15-27(20(4)5,30-18-21-12-13-21)24(16-23)22-10-8-7-9-11-22/h7-11,14,16,19-21H,6,12-13,15,17-18H2,1-5H3,(H,28,29). The summed E-state index contributed by atoms with van der Waals surface area (Å²) in [6.07, 6.45) is 8.78. The van der Waals surface area contributed by atoms with Crippen LogP contribution in [-0.4, -0.2) is 23.3 Å². The minimum Gasteiger partial charge on any atom is -0.481 e. The number of carbonyl (C=O) groups is 1. The molecule has 2 aliphatic carbocycles. The molecular weight excluding hydrogens is 372 g/mol. The van der Waals surface area contributed by atoms with Gasteiger partial charge in [0.05, 0.1) is 17.6 Å². The van der Waals surface area contributed by atoms with Gasteiger partial charge in [-0.3, -0.25) is 4.79 Å². The molecule has 0 amide bonds. The largest absolute Gasteiger partial charge is 0.481 e. The Hall–Kier alpha value is -1.87. The first-order chi connectivity index (χ1) is 14.2. The summed E-state index contributed by atoms with van der Waals surface area (Å²) < 4.78 is 6.70. The minimum absolute atomic E-state index is 0.284. The Labute approximate surface area is 182 Å². The van der Waals surface area contributed by atoms with E-state index in [-0.39, 0.29) is 5.92 Å². The van der Waals surface area contributed by atoms with Crippen molar-refractivity contribution < 1.29 is 14.6 Å². The van der Waals surface area contributed by atoms with E-state index in [9.17, 15) is 9.90 Å². The molecule has 1 N–H and O–H groups in total. The Morgan fingerprint density at radius 1 is 1.20 bits per heavy atom. The van der Waals surface area contributed by atoms with Crippen molar-refractivity contribution in [1.82, 2.24) is 0 Å². The van der Waals surface area contributed by atoms with E-state index >= 15 is 0 Å². The van der Waals surface area contributed by atoms with Crippen LogP contribution < -0.4 is 0 Å². The molecule has 3 rings (SSSR count). The van der Waals surface area contributed by atoms with Crippen molar-refractivity contribution in [2.24, 2.45) is 23.2 Å². The molecule has 0 saturated heterocycles. The van der Waals surface area contributed by atoms with Crippen LogP contribution in [0.2, 0.25) is 0 Å². The first-order valence-corrected chi connectivity index (χ1v) is 11.6. The van der Waals surface area contributed by atoms with Crippen LogP contribution >= 0.6 is 0 Å². The molecule has 3 nitrogen and oxygen atoms in total. The van der Waals surface area contributed by atoms with E-state index in [1.807, 2.05) is 13.0 Å². The second-order valence-corrected chi connectivity index (χ2v) is 9.92. The van der Waals surface area contributed by atoms with E-state index in [0.717, 1.165) is 29.7 Å². The highest BCUT2D eigenvalue weighted by atomic mass is 16.5. The molecule has 1 aromatic carbocycles. The van der Waals surface area contributed by atoms with Crippen molar-refractivity contribution in [1.29, 1.82) is 0 Å². The van der Waals surface area contributed by atoms with Gasteiger partial charge in [0.15, 0.2) is 0 Å². The second-order valence-electron chi connectivity index (χ2n) is 9.92. The van der Waals surface area contributed by atoms with E-state index in [1.54, 1.807) is 0 Å². The Morgan fingerprint density at radius 3 is 2.37 bits per heavy atom. The topological polar surface area (TPSA) is 46.5 Å². The van der Waals surface area contributed by atoms with E-state index in [4.69, 9.17) is 4.74 Å². The fourth-order valence-corrected chi connectivity index (χ4v) is 4.91. The van der Waals surface area contributed by atoms with Gasteiger partial charge in [0.1, 0.15) is 0 Å². The monoisotopic (exact) mass is 410 g/mol. The summed E-state index contributed by atoms with van der Waals surface area (Å²) in [4.78, 5) is 12.5. The van der Waals surface area contributed by atoms with Crippen LogP contribution in [-0.2, 0) is 9.53 Å². The third-order valence-corrected chi connectivity index (χ3v) is 6.99. The van der Waals surface area contributed by atoms with Crippen LogP contribution in [0.3, 0.4) is 0 Å². The Kier molecular flexibility index (Phi) is 6.91.